The number of aryl methyl sites for hydroxylation is 2. The Labute approximate surface area is 139 Å². The Morgan fingerprint density at radius 1 is 0.783 bits per heavy atom. The van der Waals surface area contributed by atoms with Gasteiger partial charge in [0.1, 0.15) is 0 Å². The summed E-state index contributed by atoms with van der Waals surface area (Å²) >= 11 is 0. The quantitative estimate of drug-likeness (QED) is 0.486. The molecule has 0 radical (unpaired) electrons. The zero-order valence-corrected chi connectivity index (χ0v) is 14.3. The predicted octanol–water partition coefficient (Wildman–Crippen LogP) is 6.43. The molecule has 3 aromatic rings. The summed E-state index contributed by atoms with van der Waals surface area (Å²) in [4.78, 5) is 0. The van der Waals surface area contributed by atoms with Crippen LogP contribution in [0.5, 0.6) is 0 Å². The fourth-order valence-electron chi connectivity index (χ4n) is 4.04. The van der Waals surface area contributed by atoms with Crippen molar-refractivity contribution < 1.29 is 0 Å². The van der Waals surface area contributed by atoms with Crippen molar-refractivity contribution in [3.8, 4) is 11.1 Å². The molecule has 0 saturated carbocycles. The Balaban J connectivity index is 1.80. The van der Waals surface area contributed by atoms with Crippen molar-refractivity contribution in [2.45, 2.75) is 45.4 Å². The van der Waals surface area contributed by atoms with Gasteiger partial charge in [-0.05, 0) is 70.7 Å². The van der Waals surface area contributed by atoms with Crippen LogP contribution in [0, 0.1) is 6.92 Å². The van der Waals surface area contributed by atoms with E-state index in [-0.39, 0.29) is 0 Å². The van der Waals surface area contributed by atoms with Gasteiger partial charge in [-0.1, -0.05) is 67.9 Å². The summed E-state index contributed by atoms with van der Waals surface area (Å²) in [5, 5.41) is 2.65. The van der Waals surface area contributed by atoms with Crippen molar-refractivity contribution in [2.24, 2.45) is 0 Å². The predicted molar refractivity (Wildman–Crippen MR) is 100 cm³/mol. The Hall–Kier alpha value is -2.08. The molecular formula is C23H24. The molecule has 0 unspecified atom stereocenters. The Morgan fingerprint density at radius 3 is 2.35 bits per heavy atom. The van der Waals surface area contributed by atoms with Crippen molar-refractivity contribution >= 4 is 10.8 Å². The van der Waals surface area contributed by atoms with E-state index in [2.05, 4.69) is 75.4 Å². The van der Waals surface area contributed by atoms with E-state index in [1.165, 1.54) is 46.7 Å². The lowest BCUT2D eigenvalue weighted by molar-refractivity contribution is 0.432. The molecule has 116 valence electrons. The molecule has 0 fully saturated rings. The first-order valence-electron chi connectivity index (χ1n) is 8.67. The maximum atomic E-state index is 2.42. The molecule has 0 aliphatic heterocycles. The summed E-state index contributed by atoms with van der Waals surface area (Å²) in [5.41, 5.74) is 7.41. The van der Waals surface area contributed by atoms with Crippen LogP contribution < -0.4 is 0 Å². The van der Waals surface area contributed by atoms with Gasteiger partial charge in [0.25, 0.3) is 0 Å². The van der Waals surface area contributed by atoms with Gasteiger partial charge in [0.05, 0.1) is 0 Å². The second-order valence-corrected chi connectivity index (χ2v) is 7.67. The van der Waals surface area contributed by atoms with Crippen LogP contribution in [0.1, 0.15) is 43.4 Å². The van der Waals surface area contributed by atoms with Gasteiger partial charge < -0.3 is 0 Å². The molecule has 3 aromatic carbocycles. The largest absolute Gasteiger partial charge is 0.0587 e. The first kappa shape index (κ1) is 14.5. The minimum absolute atomic E-state index is 0.326. The van der Waals surface area contributed by atoms with E-state index in [9.17, 15) is 0 Å². The highest BCUT2D eigenvalue weighted by Gasteiger charge is 2.27. The van der Waals surface area contributed by atoms with Crippen molar-refractivity contribution in [1.82, 2.24) is 0 Å². The van der Waals surface area contributed by atoms with E-state index in [0.29, 0.717) is 5.41 Å². The summed E-state index contributed by atoms with van der Waals surface area (Å²) in [5.74, 6) is 0. The van der Waals surface area contributed by atoms with Gasteiger partial charge in [-0.15, -0.1) is 0 Å². The molecule has 0 nitrogen and oxygen atoms in total. The van der Waals surface area contributed by atoms with Gasteiger partial charge in [-0.2, -0.15) is 0 Å². The summed E-state index contributed by atoms with van der Waals surface area (Å²) < 4.78 is 0. The lowest BCUT2D eigenvalue weighted by Gasteiger charge is -2.32. The van der Waals surface area contributed by atoms with E-state index >= 15 is 0 Å². The lowest BCUT2D eigenvalue weighted by Crippen LogP contribution is -2.23. The van der Waals surface area contributed by atoms with Crippen LogP contribution in [0.3, 0.4) is 0 Å². The molecule has 0 atom stereocenters. The Bertz CT molecular complexity index is 884. The summed E-state index contributed by atoms with van der Waals surface area (Å²) in [6.07, 6.45) is 3.83. The number of rotatable bonds is 1. The zero-order chi connectivity index (χ0) is 16.0. The highest BCUT2D eigenvalue weighted by Crippen LogP contribution is 2.38. The fraction of sp³-hybridized carbons (Fsp3) is 0.304. The highest BCUT2D eigenvalue weighted by atomic mass is 14.3. The molecule has 0 bridgehead atoms. The minimum Gasteiger partial charge on any atom is -0.0587 e. The first-order chi connectivity index (χ1) is 11.0. The number of hydrogen-bond donors (Lipinski definition) is 0. The van der Waals surface area contributed by atoms with Gasteiger partial charge >= 0.3 is 0 Å². The molecule has 0 saturated heterocycles. The monoisotopic (exact) mass is 300 g/mol. The molecule has 1 aliphatic carbocycles. The number of benzene rings is 3. The molecule has 4 rings (SSSR count). The first-order valence-corrected chi connectivity index (χ1v) is 8.67. The molecule has 0 amide bonds. The van der Waals surface area contributed by atoms with Gasteiger partial charge in [0, 0.05) is 0 Å². The summed E-state index contributed by atoms with van der Waals surface area (Å²) in [6, 6.07) is 20.6. The van der Waals surface area contributed by atoms with Gasteiger partial charge in [-0.3, -0.25) is 0 Å². The molecule has 1 aliphatic rings. The highest BCUT2D eigenvalue weighted by molar-refractivity contribution is 5.88. The van der Waals surface area contributed by atoms with Crippen molar-refractivity contribution in [2.75, 3.05) is 0 Å². The van der Waals surface area contributed by atoms with E-state index < -0.39 is 0 Å². The van der Waals surface area contributed by atoms with Crippen LogP contribution >= 0.6 is 0 Å². The second-order valence-electron chi connectivity index (χ2n) is 7.67. The van der Waals surface area contributed by atoms with Crippen molar-refractivity contribution in [3.63, 3.8) is 0 Å². The molecule has 0 aromatic heterocycles. The Morgan fingerprint density at radius 2 is 1.48 bits per heavy atom. The SMILES string of the molecule is Cc1ccc2cc(-c3ccc4c(c3)CCCC4(C)C)ccc2c1. The molecular weight excluding hydrogens is 276 g/mol. The van der Waals surface area contributed by atoms with Crippen LogP contribution in [0.2, 0.25) is 0 Å². The molecule has 0 heteroatoms. The van der Waals surface area contributed by atoms with Crippen LogP contribution in [-0.2, 0) is 11.8 Å². The van der Waals surface area contributed by atoms with Crippen LogP contribution in [0.4, 0.5) is 0 Å². The summed E-state index contributed by atoms with van der Waals surface area (Å²) in [7, 11) is 0. The lowest BCUT2D eigenvalue weighted by atomic mass is 9.72. The third kappa shape index (κ3) is 2.57. The van der Waals surface area contributed by atoms with Crippen LogP contribution in [-0.4, -0.2) is 0 Å². The topological polar surface area (TPSA) is 0 Å². The smallest absolute Gasteiger partial charge is 0.0101 e. The van der Waals surface area contributed by atoms with Gasteiger partial charge in [0.15, 0.2) is 0 Å². The standard InChI is InChI=1S/C23H24/c1-16-6-7-18-14-19(9-8-17(18)13-16)20-10-11-22-21(15-20)5-4-12-23(22,2)3/h6-11,13-15H,4-5,12H2,1-3H3. The molecule has 0 heterocycles. The van der Waals surface area contributed by atoms with Crippen LogP contribution in [0.15, 0.2) is 54.6 Å². The third-order valence-electron chi connectivity index (χ3n) is 5.41. The number of fused-ring (bicyclic) bond motifs is 2. The second kappa shape index (κ2) is 5.23. The van der Waals surface area contributed by atoms with E-state index in [1.807, 2.05) is 0 Å². The van der Waals surface area contributed by atoms with Crippen molar-refractivity contribution in [1.29, 1.82) is 0 Å². The normalized spacial score (nSPS) is 16.3. The average molecular weight is 300 g/mol. The number of hydrogen-bond acceptors (Lipinski definition) is 0. The van der Waals surface area contributed by atoms with Crippen LogP contribution in [0.25, 0.3) is 21.9 Å². The third-order valence-corrected chi connectivity index (χ3v) is 5.41. The van der Waals surface area contributed by atoms with Gasteiger partial charge in [0.2, 0.25) is 0 Å². The Kier molecular flexibility index (Phi) is 3.30. The maximum Gasteiger partial charge on any atom is -0.0101 e. The molecule has 0 spiro atoms. The van der Waals surface area contributed by atoms with E-state index in [0.717, 1.165) is 0 Å². The van der Waals surface area contributed by atoms with E-state index in [1.54, 1.807) is 11.1 Å². The average Bonchev–Trinajstić information content (AvgIpc) is 2.53. The maximum absolute atomic E-state index is 2.42. The van der Waals surface area contributed by atoms with E-state index in [4.69, 9.17) is 0 Å². The molecule has 0 N–H and O–H groups in total. The van der Waals surface area contributed by atoms with Crippen molar-refractivity contribution in [3.05, 3.63) is 71.3 Å². The minimum atomic E-state index is 0.326. The molecule has 23 heavy (non-hydrogen) atoms. The van der Waals surface area contributed by atoms with Gasteiger partial charge in [-0.25, -0.2) is 0 Å². The fourth-order valence-corrected chi connectivity index (χ4v) is 4.04. The zero-order valence-electron chi connectivity index (χ0n) is 14.3. The summed E-state index contributed by atoms with van der Waals surface area (Å²) in [6.45, 7) is 6.91.